The Hall–Kier alpha value is -0.890. The number of rotatable bonds is 3. The summed E-state index contributed by atoms with van der Waals surface area (Å²) in [5.41, 5.74) is 2.47. The first-order valence-electron chi connectivity index (χ1n) is 4.94. The molecule has 1 aromatic carbocycles. The molecule has 1 nitrogen and oxygen atoms in total. The van der Waals surface area contributed by atoms with Crippen LogP contribution in [-0.2, 0) is 6.42 Å². The van der Waals surface area contributed by atoms with E-state index in [0.717, 1.165) is 17.0 Å². The topological polar surface area (TPSA) is 12.0 Å². The van der Waals surface area contributed by atoms with Gasteiger partial charge in [0.1, 0.15) is 4.99 Å². The fourth-order valence-electron chi connectivity index (χ4n) is 1.41. The fourth-order valence-corrected chi connectivity index (χ4v) is 1.54. The standard InChI is InChI=1S/C12H17NS/c1-9(2)8-10-4-6-11(7-5-10)12(14)13-3/h4-7,9H,8H2,1-3H3,(H,13,14). The minimum atomic E-state index is 0.706. The van der Waals surface area contributed by atoms with Crippen LogP contribution in [0.4, 0.5) is 0 Å². The summed E-state index contributed by atoms with van der Waals surface area (Å²) in [6, 6.07) is 8.46. The number of thiocarbonyl (C=S) groups is 1. The van der Waals surface area contributed by atoms with Crippen molar-refractivity contribution in [3.63, 3.8) is 0 Å². The molecule has 0 radical (unpaired) electrons. The van der Waals surface area contributed by atoms with Crippen LogP contribution in [0.1, 0.15) is 25.0 Å². The minimum Gasteiger partial charge on any atom is -0.379 e. The molecule has 2 heteroatoms. The Morgan fingerprint density at radius 1 is 1.29 bits per heavy atom. The van der Waals surface area contributed by atoms with E-state index in [2.05, 4.69) is 43.4 Å². The van der Waals surface area contributed by atoms with Crippen molar-refractivity contribution in [2.24, 2.45) is 5.92 Å². The predicted molar refractivity (Wildman–Crippen MR) is 65.7 cm³/mol. The van der Waals surface area contributed by atoms with Gasteiger partial charge in [0.25, 0.3) is 0 Å². The van der Waals surface area contributed by atoms with Gasteiger partial charge >= 0.3 is 0 Å². The molecule has 0 spiro atoms. The van der Waals surface area contributed by atoms with E-state index in [1.165, 1.54) is 5.56 Å². The first-order valence-corrected chi connectivity index (χ1v) is 5.35. The highest BCUT2D eigenvalue weighted by Gasteiger charge is 2.00. The van der Waals surface area contributed by atoms with Crippen molar-refractivity contribution in [1.29, 1.82) is 0 Å². The molecule has 0 saturated carbocycles. The lowest BCUT2D eigenvalue weighted by Crippen LogP contribution is -2.16. The van der Waals surface area contributed by atoms with E-state index in [9.17, 15) is 0 Å². The molecule has 0 aliphatic heterocycles. The molecule has 0 aliphatic carbocycles. The third-order valence-electron chi connectivity index (χ3n) is 2.09. The second kappa shape index (κ2) is 5.11. The van der Waals surface area contributed by atoms with Gasteiger partial charge in [0.2, 0.25) is 0 Å². The largest absolute Gasteiger partial charge is 0.379 e. The van der Waals surface area contributed by atoms with Gasteiger partial charge in [-0.2, -0.15) is 0 Å². The Balaban J connectivity index is 2.73. The predicted octanol–water partition coefficient (Wildman–Crippen LogP) is 2.78. The van der Waals surface area contributed by atoms with E-state index < -0.39 is 0 Å². The minimum absolute atomic E-state index is 0.706. The molecule has 0 amide bonds. The molecule has 0 heterocycles. The smallest absolute Gasteiger partial charge is 0.106 e. The summed E-state index contributed by atoms with van der Waals surface area (Å²) in [7, 11) is 1.85. The van der Waals surface area contributed by atoms with Gasteiger partial charge < -0.3 is 5.32 Å². The molecule has 0 atom stereocenters. The van der Waals surface area contributed by atoms with Gasteiger partial charge in [-0.25, -0.2) is 0 Å². The summed E-state index contributed by atoms with van der Waals surface area (Å²) in [4.78, 5) is 0.807. The van der Waals surface area contributed by atoms with Crippen molar-refractivity contribution in [3.8, 4) is 0 Å². The van der Waals surface area contributed by atoms with Crippen LogP contribution >= 0.6 is 12.2 Å². The van der Waals surface area contributed by atoms with Crippen LogP contribution in [-0.4, -0.2) is 12.0 Å². The van der Waals surface area contributed by atoms with Crippen LogP contribution in [0.3, 0.4) is 0 Å². The first-order chi connectivity index (χ1) is 6.63. The zero-order chi connectivity index (χ0) is 10.6. The lowest BCUT2D eigenvalue weighted by atomic mass is 10.0. The molecule has 1 aromatic rings. The molecule has 0 unspecified atom stereocenters. The summed E-state index contributed by atoms with van der Waals surface area (Å²) < 4.78 is 0. The van der Waals surface area contributed by atoms with Gasteiger partial charge in [0, 0.05) is 12.6 Å². The summed E-state index contributed by atoms with van der Waals surface area (Å²) in [6.07, 6.45) is 1.13. The van der Waals surface area contributed by atoms with Crippen LogP contribution in [0.5, 0.6) is 0 Å². The summed E-state index contributed by atoms with van der Waals surface area (Å²) >= 11 is 5.14. The van der Waals surface area contributed by atoms with E-state index in [-0.39, 0.29) is 0 Å². The van der Waals surface area contributed by atoms with Crippen molar-refractivity contribution >= 4 is 17.2 Å². The Bertz CT molecular complexity index is 301. The second-order valence-corrected chi connectivity index (χ2v) is 4.28. The number of hydrogen-bond acceptors (Lipinski definition) is 1. The average Bonchev–Trinajstić information content (AvgIpc) is 2.17. The molecular weight excluding hydrogens is 190 g/mol. The highest BCUT2D eigenvalue weighted by molar-refractivity contribution is 7.80. The maximum atomic E-state index is 5.14. The van der Waals surface area contributed by atoms with Crippen molar-refractivity contribution in [1.82, 2.24) is 5.32 Å². The summed E-state index contributed by atoms with van der Waals surface area (Å²) in [6.45, 7) is 4.46. The van der Waals surface area contributed by atoms with Crippen LogP contribution in [0, 0.1) is 5.92 Å². The normalized spacial score (nSPS) is 10.3. The monoisotopic (exact) mass is 207 g/mol. The Labute approximate surface area is 91.5 Å². The molecule has 0 saturated heterocycles. The fraction of sp³-hybridized carbons (Fsp3) is 0.417. The molecule has 1 rings (SSSR count). The molecule has 14 heavy (non-hydrogen) atoms. The number of nitrogens with one attached hydrogen (secondary N) is 1. The van der Waals surface area contributed by atoms with Gasteiger partial charge in [0.15, 0.2) is 0 Å². The molecule has 0 aromatic heterocycles. The van der Waals surface area contributed by atoms with E-state index in [0.29, 0.717) is 5.92 Å². The van der Waals surface area contributed by atoms with E-state index in [1.807, 2.05) is 7.05 Å². The Morgan fingerprint density at radius 3 is 2.29 bits per heavy atom. The second-order valence-electron chi connectivity index (χ2n) is 3.87. The SMILES string of the molecule is CNC(=S)c1ccc(CC(C)C)cc1. The lowest BCUT2D eigenvalue weighted by molar-refractivity contribution is 0.647. The van der Waals surface area contributed by atoms with Gasteiger partial charge in [-0.15, -0.1) is 0 Å². The van der Waals surface area contributed by atoms with Crippen molar-refractivity contribution < 1.29 is 0 Å². The first kappa shape index (κ1) is 11.2. The van der Waals surface area contributed by atoms with Gasteiger partial charge in [-0.1, -0.05) is 50.3 Å². The van der Waals surface area contributed by atoms with Crippen molar-refractivity contribution in [3.05, 3.63) is 35.4 Å². The summed E-state index contributed by atoms with van der Waals surface area (Å²) in [5.74, 6) is 0.706. The molecule has 0 bridgehead atoms. The van der Waals surface area contributed by atoms with Gasteiger partial charge in [0.05, 0.1) is 0 Å². The molecule has 76 valence electrons. The van der Waals surface area contributed by atoms with Crippen LogP contribution in [0.15, 0.2) is 24.3 Å². The molecule has 0 fully saturated rings. The third-order valence-corrected chi connectivity index (χ3v) is 2.53. The third kappa shape index (κ3) is 3.11. The van der Waals surface area contributed by atoms with Crippen LogP contribution < -0.4 is 5.32 Å². The zero-order valence-corrected chi connectivity index (χ0v) is 9.82. The number of benzene rings is 1. The molecule has 0 aliphatic rings. The zero-order valence-electron chi connectivity index (χ0n) is 9.00. The summed E-state index contributed by atoms with van der Waals surface area (Å²) in [5, 5.41) is 2.97. The Morgan fingerprint density at radius 2 is 1.86 bits per heavy atom. The van der Waals surface area contributed by atoms with E-state index in [1.54, 1.807) is 0 Å². The quantitative estimate of drug-likeness (QED) is 0.765. The van der Waals surface area contributed by atoms with Gasteiger partial charge in [-0.3, -0.25) is 0 Å². The van der Waals surface area contributed by atoms with E-state index >= 15 is 0 Å². The molecule has 1 N–H and O–H groups in total. The molecular formula is C12H17NS. The van der Waals surface area contributed by atoms with Crippen molar-refractivity contribution in [2.75, 3.05) is 7.05 Å². The van der Waals surface area contributed by atoms with Crippen molar-refractivity contribution in [2.45, 2.75) is 20.3 Å². The van der Waals surface area contributed by atoms with Crippen LogP contribution in [0.25, 0.3) is 0 Å². The highest BCUT2D eigenvalue weighted by atomic mass is 32.1. The maximum Gasteiger partial charge on any atom is 0.106 e. The highest BCUT2D eigenvalue weighted by Crippen LogP contribution is 2.09. The lowest BCUT2D eigenvalue weighted by Gasteiger charge is -2.06. The van der Waals surface area contributed by atoms with Gasteiger partial charge in [-0.05, 0) is 17.9 Å². The van der Waals surface area contributed by atoms with E-state index in [4.69, 9.17) is 12.2 Å². The number of hydrogen-bond donors (Lipinski definition) is 1. The Kier molecular flexibility index (Phi) is 4.08. The maximum absolute atomic E-state index is 5.14. The van der Waals surface area contributed by atoms with Crippen LogP contribution in [0.2, 0.25) is 0 Å². The average molecular weight is 207 g/mol.